The number of rotatable bonds is 6. The minimum Gasteiger partial charge on any atom is -0.435 e. The lowest BCUT2D eigenvalue weighted by molar-refractivity contribution is -0.116. The Hall–Kier alpha value is -1.40. The standard InChI is InChI=1S/C14H18F2N2O2.ClH/c15-14(16)20-12-6-3-11(4-7-12)18-13(19)8-5-10-2-1-9-17-10;/h3-4,6-7,10,14,17H,1-2,5,8-9H2,(H,18,19);1H. The third-order valence-electron chi connectivity index (χ3n) is 3.25. The summed E-state index contributed by atoms with van der Waals surface area (Å²) in [7, 11) is 0. The SMILES string of the molecule is Cl.O=C(CCC1CCCN1)Nc1ccc(OC(F)F)cc1. The van der Waals surface area contributed by atoms with Gasteiger partial charge in [0.2, 0.25) is 5.91 Å². The maximum absolute atomic E-state index is 12.0. The first-order valence-electron chi connectivity index (χ1n) is 6.71. The van der Waals surface area contributed by atoms with Crippen molar-refractivity contribution < 1.29 is 18.3 Å². The van der Waals surface area contributed by atoms with Crippen LogP contribution in [0.3, 0.4) is 0 Å². The van der Waals surface area contributed by atoms with Gasteiger partial charge in [-0.2, -0.15) is 8.78 Å². The van der Waals surface area contributed by atoms with Gasteiger partial charge in [0.15, 0.2) is 0 Å². The van der Waals surface area contributed by atoms with Crippen molar-refractivity contribution in [3.63, 3.8) is 0 Å². The predicted molar refractivity (Wildman–Crippen MR) is 79.2 cm³/mol. The molecule has 0 aromatic heterocycles. The zero-order valence-electron chi connectivity index (χ0n) is 11.5. The van der Waals surface area contributed by atoms with Crippen molar-refractivity contribution in [2.75, 3.05) is 11.9 Å². The van der Waals surface area contributed by atoms with Crippen LogP contribution in [0.5, 0.6) is 5.75 Å². The summed E-state index contributed by atoms with van der Waals surface area (Å²) in [6, 6.07) is 6.33. The highest BCUT2D eigenvalue weighted by Gasteiger charge is 2.15. The molecule has 1 saturated heterocycles. The molecule has 0 bridgehead atoms. The van der Waals surface area contributed by atoms with E-state index in [-0.39, 0.29) is 24.1 Å². The van der Waals surface area contributed by atoms with E-state index >= 15 is 0 Å². The van der Waals surface area contributed by atoms with Gasteiger partial charge in [-0.15, -0.1) is 12.4 Å². The Morgan fingerprint density at radius 3 is 2.67 bits per heavy atom. The van der Waals surface area contributed by atoms with Crippen molar-refractivity contribution in [1.82, 2.24) is 5.32 Å². The normalized spacial score (nSPS) is 17.4. The molecule has 1 amide bonds. The molecule has 4 nitrogen and oxygen atoms in total. The lowest BCUT2D eigenvalue weighted by Crippen LogP contribution is -2.23. The molecule has 1 aromatic carbocycles. The molecule has 0 aliphatic carbocycles. The third-order valence-corrected chi connectivity index (χ3v) is 3.25. The van der Waals surface area contributed by atoms with E-state index in [9.17, 15) is 13.6 Å². The molecule has 21 heavy (non-hydrogen) atoms. The molecule has 2 rings (SSSR count). The number of hydrogen-bond donors (Lipinski definition) is 2. The van der Waals surface area contributed by atoms with E-state index in [0.29, 0.717) is 18.2 Å². The van der Waals surface area contributed by atoms with Crippen molar-refractivity contribution in [1.29, 1.82) is 0 Å². The van der Waals surface area contributed by atoms with Gasteiger partial charge in [0.1, 0.15) is 5.75 Å². The van der Waals surface area contributed by atoms with E-state index in [1.807, 2.05) is 0 Å². The molecule has 0 radical (unpaired) electrons. The first kappa shape index (κ1) is 17.7. The number of alkyl halides is 2. The molecule has 1 fully saturated rings. The Morgan fingerprint density at radius 2 is 2.10 bits per heavy atom. The molecule has 7 heteroatoms. The molecular formula is C14H19ClF2N2O2. The van der Waals surface area contributed by atoms with E-state index in [1.54, 1.807) is 12.1 Å². The van der Waals surface area contributed by atoms with Crippen LogP contribution in [0, 0.1) is 0 Å². The fourth-order valence-electron chi connectivity index (χ4n) is 2.25. The van der Waals surface area contributed by atoms with E-state index in [0.717, 1.165) is 25.8 Å². The average molecular weight is 321 g/mol. The number of nitrogens with one attached hydrogen (secondary N) is 2. The van der Waals surface area contributed by atoms with Crippen molar-refractivity contribution >= 4 is 24.0 Å². The second-order valence-electron chi connectivity index (χ2n) is 4.78. The Morgan fingerprint density at radius 1 is 1.38 bits per heavy atom. The van der Waals surface area contributed by atoms with Gasteiger partial charge in [-0.25, -0.2) is 0 Å². The second kappa shape index (κ2) is 8.79. The van der Waals surface area contributed by atoms with Gasteiger partial charge in [0, 0.05) is 18.2 Å². The van der Waals surface area contributed by atoms with Crippen LogP contribution < -0.4 is 15.4 Å². The Balaban J connectivity index is 0.00000220. The summed E-state index contributed by atoms with van der Waals surface area (Å²) < 4.78 is 28.2. The maximum Gasteiger partial charge on any atom is 0.387 e. The van der Waals surface area contributed by atoms with E-state index in [2.05, 4.69) is 15.4 Å². The number of carbonyl (C=O) groups is 1. The van der Waals surface area contributed by atoms with Gasteiger partial charge in [0.25, 0.3) is 0 Å². The number of hydrogen-bond acceptors (Lipinski definition) is 3. The Kier molecular flexibility index (Phi) is 7.39. The third kappa shape index (κ3) is 6.27. The summed E-state index contributed by atoms with van der Waals surface area (Å²) in [5.41, 5.74) is 0.580. The number of amides is 1. The van der Waals surface area contributed by atoms with Gasteiger partial charge in [-0.1, -0.05) is 0 Å². The predicted octanol–water partition coefficient (Wildman–Crippen LogP) is 3.18. The van der Waals surface area contributed by atoms with Crippen molar-refractivity contribution in [3.8, 4) is 5.75 Å². The summed E-state index contributed by atoms with van der Waals surface area (Å²) >= 11 is 0. The summed E-state index contributed by atoms with van der Waals surface area (Å²) in [4.78, 5) is 11.7. The molecule has 2 N–H and O–H groups in total. The number of ether oxygens (including phenoxy) is 1. The topological polar surface area (TPSA) is 50.4 Å². The van der Waals surface area contributed by atoms with Crippen LogP contribution in [0.2, 0.25) is 0 Å². The summed E-state index contributed by atoms with van der Waals surface area (Å²) in [5, 5.41) is 6.07. The van der Waals surface area contributed by atoms with Gasteiger partial charge in [-0.3, -0.25) is 4.79 Å². The van der Waals surface area contributed by atoms with Crippen molar-refractivity contribution in [2.45, 2.75) is 38.3 Å². The van der Waals surface area contributed by atoms with Gasteiger partial charge in [0.05, 0.1) is 0 Å². The molecule has 1 aliphatic rings. The molecule has 1 aliphatic heterocycles. The lowest BCUT2D eigenvalue weighted by Gasteiger charge is -2.10. The largest absolute Gasteiger partial charge is 0.435 e. The van der Waals surface area contributed by atoms with Crippen molar-refractivity contribution in [3.05, 3.63) is 24.3 Å². The first-order chi connectivity index (χ1) is 9.63. The van der Waals surface area contributed by atoms with Crippen LogP contribution in [-0.4, -0.2) is 25.1 Å². The highest BCUT2D eigenvalue weighted by molar-refractivity contribution is 5.90. The molecule has 118 valence electrons. The zero-order valence-corrected chi connectivity index (χ0v) is 12.3. The van der Waals surface area contributed by atoms with Crippen molar-refractivity contribution in [2.24, 2.45) is 0 Å². The summed E-state index contributed by atoms with van der Waals surface area (Å²) in [6.07, 6.45) is 3.55. The monoisotopic (exact) mass is 320 g/mol. The molecule has 0 saturated carbocycles. The Labute approximate surface area is 128 Å². The molecule has 0 spiro atoms. The minimum atomic E-state index is -2.84. The van der Waals surface area contributed by atoms with Crippen LogP contribution in [0.1, 0.15) is 25.7 Å². The van der Waals surface area contributed by atoms with Crippen LogP contribution in [0.25, 0.3) is 0 Å². The van der Waals surface area contributed by atoms with E-state index < -0.39 is 6.61 Å². The van der Waals surface area contributed by atoms with Gasteiger partial charge in [-0.05, 0) is 50.1 Å². The molecule has 1 atom stereocenters. The van der Waals surface area contributed by atoms with Gasteiger partial charge >= 0.3 is 6.61 Å². The Bertz CT molecular complexity index is 437. The smallest absolute Gasteiger partial charge is 0.387 e. The quantitative estimate of drug-likeness (QED) is 0.846. The zero-order chi connectivity index (χ0) is 14.4. The molecule has 1 heterocycles. The van der Waals surface area contributed by atoms with E-state index in [4.69, 9.17) is 0 Å². The average Bonchev–Trinajstić information content (AvgIpc) is 2.91. The fourth-order valence-corrected chi connectivity index (χ4v) is 2.25. The first-order valence-corrected chi connectivity index (χ1v) is 6.71. The van der Waals surface area contributed by atoms with Crippen LogP contribution in [0.15, 0.2) is 24.3 Å². The lowest BCUT2D eigenvalue weighted by atomic mass is 10.1. The molecule has 1 unspecified atom stereocenters. The maximum atomic E-state index is 12.0. The number of halogens is 3. The van der Waals surface area contributed by atoms with Crippen LogP contribution >= 0.6 is 12.4 Å². The highest BCUT2D eigenvalue weighted by atomic mass is 35.5. The van der Waals surface area contributed by atoms with E-state index in [1.165, 1.54) is 12.1 Å². The number of anilines is 1. The molecule has 1 aromatic rings. The second-order valence-corrected chi connectivity index (χ2v) is 4.78. The number of benzene rings is 1. The summed E-state index contributed by atoms with van der Waals surface area (Å²) in [6.45, 7) is -1.81. The van der Waals surface area contributed by atoms with Crippen LogP contribution in [0.4, 0.5) is 14.5 Å². The summed E-state index contributed by atoms with van der Waals surface area (Å²) in [5.74, 6) is 0.00869. The fraction of sp³-hybridized carbons (Fsp3) is 0.500. The molecular weight excluding hydrogens is 302 g/mol. The minimum absolute atomic E-state index is 0. The van der Waals surface area contributed by atoms with Crippen LogP contribution in [-0.2, 0) is 4.79 Å². The van der Waals surface area contributed by atoms with Gasteiger partial charge < -0.3 is 15.4 Å². The highest BCUT2D eigenvalue weighted by Crippen LogP contribution is 2.18. The number of carbonyl (C=O) groups excluding carboxylic acids is 1.